The number of amides is 1. The summed E-state index contributed by atoms with van der Waals surface area (Å²) in [7, 11) is 0. The second-order valence-corrected chi connectivity index (χ2v) is 4.13. The third kappa shape index (κ3) is 1.49. The van der Waals surface area contributed by atoms with E-state index in [0.717, 1.165) is 28.0 Å². The van der Waals surface area contributed by atoms with E-state index < -0.39 is 0 Å². The summed E-state index contributed by atoms with van der Waals surface area (Å²) in [5, 5.41) is 0. The standard InChI is InChI=1S/C15H11NO/c1-10-6-5-9-12-13(10)15(17)16-14(12)11-7-3-2-4-8-11/h2-9H,1H3. The zero-order valence-corrected chi connectivity index (χ0v) is 9.47. The van der Waals surface area contributed by atoms with E-state index in [2.05, 4.69) is 4.99 Å². The van der Waals surface area contributed by atoms with Crippen LogP contribution in [-0.4, -0.2) is 11.6 Å². The van der Waals surface area contributed by atoms with E-state index in [9.17, 15) is 4.79 Å². The normalized spacial score (nSPS) is 13.5. The average molecular weight is 221 g/mol. The van der Waals surface area contributed by atoms with Crippen LogP contribution in [0.3, 0.4) is 0 Å². The van der Waals surface area contributed by atoms with Gasteiger partial charge in [-0.15, -0.1) is 0 Å². The Morgan fingerprint density at radius 1 is 0.941 bits per heavy atom. The van der Waals surface area contributed by atoms with Gasteiger partial charge in [0.15, 0.2) is 0 Å². The summed E-state index contributed by atoms with van der Waals surface area (Å²) in [6.45, 7) is 1.94. The van der Waals surface area contributed by atoms with Gasteiger partial charge >= 0.3 is 0 Å². The molecule has 0 spiro atoms. The zero-order valence-electron chi connectivity index (χ0n) is 9.47. The molecule has 0 fully saturated rings. The monoisotopic (exact) mass is 221 g/mol. The molecule has 2 aromatic carbocycles. The first kappa shape index (κ1) is 9.97. The van der Waals surface area contributed by atoms with Gasteiger partial charge in [0.1, 0.15) is 0 Å². The lowest BCUT2D eigenvalue weighted by molar-refractivity contribution is 0.101. The topological polar surface area (TPSA) is 29.4 Å². The molecule has 0 bridgehead atoms. The van der Waals surface area contributed by atoms with Crippen LogP contribution in [0, 0.1) is 6.92 Å². The number of benzene rings is 2. The van der Waals surface area contributed by atoms with Crippen molar-refractivity contribution in [2.45, 2.75) is 6.92 Å². The van der Waals surface area contributed by atoms with Crippen LogP contribution < -0.4 is 0 Å². The van der Waals surface area contributed by atoms with Crippen molar-refractivity contribution in [1.82, 2.24) is 0 Å². The van der Waals surface area contributed by atoms with E-state index in [0.29, 0.717) is 0 Å². The quantitative estimate of drug-likeness (QED) is 0.727. The second-order valence-electron chi connectivity index (χ2n) is 4.13. The van der Waals surface area contributed by atoms with Gasteiger partial charge in [0, 0.05) is 11.1 Å². The Kier molecular flexibility index (Phi) is 2.15. The molecule has 1 aliphatic rings. The molecule has 17 heavy (non-hydrogen) atoms. The van der Waals surface area contributed by atoms with Crippen LogP contribution in [0.2, 0.25) is 0 Å². The Bertz CT molecular complexity index is 627. The van der Waals surface area contributed by atoms with Gasteiger partial charge < -0.3 is 0 Å². The lowest BCUT2D eigenvalue weighted by Crippen LogP contribution is -2.01. The Morgan fingerprint density at radius 3 is 2.47 bits per heavy atom. The number of hydrogen-bond acceptors (Lipinski definition) is 1. The third-order valence-corrected chi connectivity index (χ3v) is 3.00. The van der Waals surface area contributed by atoms with Crippen LogP contribution in [0.5, 0.6) is 0 Å². The number of aliphatic imine (C=N–C) groups is 1. The van der Waals surface area contributed by atoms with Crippen LogP contribution in [-0.2, 0) is 0 Å². The van der Waals surface area contributed by atoms with Crippen molar-refractivity contribution in [3.05, 3.63) is 70.8 Å². The molecule has 0 aliphatic carbocycles. The van der Waals surface area contributed by atoms with E-state index in [4.69, 9.17) is 0 Å². The summed E-state index contributed by atoms with van der Waals surface area (Å²) in [6, 6.07) is 15.7. The van der Waals surface area contributed by atoms with Crippen molar-refractivity contribution in [3.8, 4) is 0 Å². The van der Waals surface area contributed by atoms with Crippen LogP contribution in [0.4, 0.5) is 0 Å². The Labute approximate surface area is 99.6 Å². The van der Waals surface area contributed by atoms with E-state index in [1.54, 1.807) is 0 Å². The highest BCUT2D eigenvalue weighted by Gasteiger charge is 2.25. The molecule has 1 amide bonds. The molecule has 1 aliphatic heterocycles. The molecule has 1 heterocycles. The van der Waals surface area contributed by atoms with Gasteiger partial charge in [0.25, 0.3) is 5.91 Å². The predicted molar refractivity (Wildman–Crippen MR) is 67.6 cm³/mol. The maximum Gasteiger partial charge on any atom is 0.278 e. The molecule has 0 N–H and O–H groups in total. The van der Waals surface area contributed by atoms with Crippen molar-refractivity contribution >= 4 is 11.6 Å². The van der Waals surface area contributed by atoms with Gasteiger partial charge in [-0.1, -0.05) is 48.5 Å². The number of aryl methyl sites for hydroxylation is 1. The van der Waals surface area contributed by atoms with Gasteiger partial charge in [0.05, 0.1) is 11.3 Å². The molecule has 2 aromatic rings. The molecular weight excluding hydrogens is 210 g/mol. The molecular formula is C15H11NO. The van der Waals surface area contributed by atoms with Crippen LogP contribution in [0.25, 0.3) is 0 Å². The molecule has 0 saturated heterocycles. The maximum atomic E-state index is 11.9. The van der Waals surface area contributed by atoms with Crippen molar-refractivity contribution in [1.29, 1.82) is 0 Å². The SMILES string of the molecule is Cc1cccc2c1C(=O)N=C2c1ccccc1. The predicted octanol–water partition coefficient (Wildman–Crippen LogP) is 2.99. The van der Waals surface area contributed by atoms with Gasteiger partial charge in [-0.05, 0) is 12.5 Å². The first-order valence-corrected chi connectivity index (χ1v) is 5.56. The lowest BCUT2D eigenvalue weighted by Gasteiger charge is -2.04. The van der Waals surface area contributed by atoms with Gasteiger partial charge in [-0.3, -0.25) is 4.79 Å². The first-order valence-electron chi connectivity index (χ1n) is 5.56. The van der Waals surface area contributed by atoms with Crippen molar-refractivity contribution in [3.63, 3.8) is 0 Å². The number of fused-ring (bicyclic) bond motifs is 1. The van der Waals surface area contributed by atoms with Crippen LogP contribution >= 0.6 is 0 Å². The Morgan fingerprint density at radius 2 is 1.71 bits per heavy atom. The minimum atomic E-state index is -0.128. The van der Waals surface area contributed by atoms with Crippen molar-refractivity contribution < 1.29 is 4.79 Å². The zero-order chi connectivity index (χ0) is 11.8. The molecule has 0 atom stereocenters. The molecule has 0 radical (unpaired) electrons. The Balaban J connectivity index is 2.22. The van der Waals surface area contributed by atoms with Crippen molar-refractivity contribution in [2.75, 3.05) is 0 Å². The molecule has 0 saturated carbocycles. The third-order valence-electron chi connectivity index (χ3n) is 3.00. The lowest BCUT2D eigenvalue weighted by atomic mass is 9.97. The largest absolute Gasteiger partial charge is 0.278 e. The summed E-state index contributed by atoms with van der Waals surface area (Å²) in [6.07, 6.45) is 0. The number of hydrogen-bond donors (Lipinski definition) is 0. The summed E-state index contributed by atoms with van der Waals surface area (Å²) in [5.74, 6) is -0.128. The smallest absolute Gasteiger partial charge is 0.267 e. The summed E-state index contributed by atoms with van der Waals surface area (Å²) in [4.78, 5) is 16.0. The summed E-state index contributed by atoms with van der Waals surface area (Å²) < 4.78 is 0. The highest BCUT2D eigenvalue weighted by molar-refractivity contribution is 6.27. The fourth-order valence-electron chi connectivity index (χ4n) is 2.18. The fraction of sp³-hybridized carbons (Fsp3) is 0.0667. The second kappa shape index (κ2) is 3.67. The number of carbonyl (C=O) groups is 1. The van der Waals surface area contributed by atoms with Crippen molar-refractivity contribution in [2.24, 2.45) is 4.99 Å². The minimum absolute atomic E-state index is 0.128. The Hall–Kier alpha value is -2.22. The average Bonchev–Trinajstić information content (AvgIpc) is 2.69. The molecule has 0 aromatic heterocycles. The van der Waals surface area contributed by atoms with Gasteiger partial charge in [0.2, 0.25) is 0 Å². The molecule has 0 unspecified atom stereocenters. The minimum Gasteiger partial charge on any atom is -0.267 e. The summed E-state index contributed by atoms with van der Waals surface area (Å²) >= 11 is 0. The van der Waals surface area contributed by atoms with Crippen LogP contribution in [0.15, 0.2) is 53.5 Å². The van der Waals surface area contributed by atoms with Gasteiger partial charge in [-0.25, -0.2) is 4.99 Å². The van der Waals surface area contributed by atoms with E-state index in [-0.39, 0.29) is 5.91 Å². The summed E-state index contributed by atoms with van der Waals surface area (Å²) in [5.41, 5.74) is 4.45. The highest BCUT2D eigenvalue weighted by atomic mass is 16.1. The van der Waals surface area contributed by atoms with E-state index >= 15 is 0 Å². The fourth-order valence-corrected chi connectivity index (χ4v) is 2.18. The first-order chi connectivity index (χ1) is 8.27. The number of nitrogens with zero attached hydrogens (tertiary/aromatic N) is 1. The van der Waals surface area contributed by atoms with E-state index in [1.165, 1.54) is 0 Å². The van der Waals surface area contributed by atoms with Gasteiger partial charge in [-0.2, -0.15) is 0 Å². The number of carbonyl (C=O) groups excluding carboxylic acids is 1. The molecule has 82 valence electrons. The van der Waals surface area contributed by atoms with E-state index in [1.807, 2.05) is 55.5 Å². The highest BCUT2D eigenvalue weighted by Crippen LogP contribution is 2.25. The number of rotatable bonds is 1. The molecule has 2 heteroatoms. The molecule has 2 nitrogen and oxygen atoms in total. The maximum absolute atomic E-state index is 11.9. The molecule has 3 rings (SSSR count). The van der Waals surface area contributed by atoms with Crippen LogP contribution in [0.1, 0.15) is 27.0 Å².